The molecule has 1 saturated heterocycles. The van der Waals surface area contributed by atoms with Gasteiger partial charge in [0.2, 0.25) is 10.0 Å². The van der Waals surface area contributed by atoms with Gasteiger partial charge in [-0.25, -0.2) is 8.42 Å². The fourth-order valence-electron chi connectivity index (χ4n) is 3.13. The quantitative estimate of drug-likeness (QED) is 0.746. The van der Waals surface area contributed by atoms with Gasteiger partial charge in [-0.3, -0.25) is 4.79 Å². The normalized spacial score (nSPS) is 15.1. The maximum absolute atomic E-state index is 12.9. The van der Waals surface area contributed by atoms with Crippen molar-refractivity contribution >= 4 is 15.9 Å². The summed E-state index contributed by atoms with van der Waals surface area (Å²) in [5.74, 6) is 0.428. The Morgan fingerprint density at radius 1 is 1.17 bits per heavy atom. The van der Waals surface area contributed by atoms with E-state index in [2.05, 4.69) is 5.32 Å². The second kappa shape index (κ2) is 9.39. The van der Waals surface area contributed by atoms with Gasteiger partial charge in [-0.1, -0.05) is 18.2 Å². The summed E-state index contributed by atoms with van der Waals surface area (Å²) < 4.78 is 37.8. The van der Waals surface area contributed by atoms with Gasteiger partial charge in [0.1, 0.15) is 5.75 Å². The predicted octanol–water partition coefficient (Wildman–Crippen LogP) is 2.34. The highest BCUT2D eigenvalue weighted by Gasteiger charge is 2.27. The molecule has 8 heteroatoms. The van der Waals surface area contributed by atoms with E-state index in [1.807, 2.05) is 31.2 Å². The first kappa shape index (κ1) is 21.3. The monoisotopic (exact) mass is 418 g/mol. The molecule has 1 heterocycles. The number of sulfonamides is 1. The van der Waals surface area contributed by atoms with E-state index in [0.29, 0.717) is 50.6 Å². The van der Waals surface area contributed by atoms with Crippen LogP contribution >= 0.6 is 0 Å². The van der Waals surface area contributed by atoms with Gasteiger partial charge in [-0.15, -0.1) is 0 Å². The number of aryl methyl sites for hydroxylation is 1. The number of hydrogen-bond donors (Lipinski definition) is 1. The average Bonchev–Trinajstić information content (AvgIpc) is 2.73. The first-order chi connectivity index (χ1) is 13.9. The zero-order valence-corrected chi connectivity index (χ0v) is 17.5. The largest absolute Gasteiger partial charge is 0.494 e. The number of ether oxygens (including phenoxy) is 2. The van der Waals surface area contributed by atoms with Crippen molar-refractivity contribution in [2.75, 3.05) is 32.9 Å². The highest BCUT2D eigenvalue weighted by Crippen LogP contribution is 2.21. The minimum atomic E-state index is -3.66. The molecular weight excluding hydrogens is 392 g/mol. The van der Waals surface area contributed by atoms with Crippen LogP contribution in [0.5, 0.6) is 5.75 Å². The lowest BCUT2D eigenvalue weighted by molar-refractivity contribution is 0.0730. The number of hydrogen-bond acceptors (Lipinski definition) is 5. The van der Waals surface area contributed by atoms with Crippen molar-refractivity contribution in [2.24, 2.45) is 0 Å². The lowest BCUT2D eigenvalue weighted by Gasteiger charge is -2.26. The van der Waals surface area contributed by atoms with E-state index in [9.17, 15) is 13.2 Å². The number of amides is 1. The molecule has 3 rings (SSSR count). The Morgan fingerprint density at radius 3 is 2.66 bits per heavy atom. The first-order valence-corrected chi connectivity index (χ1v) is 11.0. The summed E-state index contributed by atoms with van der Waals surface area (Å²) in [6, 6.07) is 12.2. The zero-order chi connectivity index (χ0) is 20.9. The van der Waals surface area contributed by atoms with E-state index in [4.69, 9.17) is 9.47 Å². The summed E-state index contributed by atoms with van der Waals surface area (Å²) in [6.07, 6.45) is 0. The average molecular weight is 419 g/mol. The first-order valence-electron chi connectivity index (χ1n) is 9.60. The van der Waals surface area contributed by atoms with Crippen LogP contribution in [0.4, 0.5) is 0 Å². The van der Waals surface area contributed by atoms with Crippen LogP contribution in [0.3, 0.4) is 0 Å². The molecule has 2 aromatic rings. The zero-order valence-electron chi connectivity index (χ0n) is 16.7. The van der Waals surface area contributed by atoms with Crippen molar-refractivity contribution in [2.45, 2.75) is 25.3 Å². The Kier molecular flexibility index (Phi) is 6.89. The summed E-state index contributed by atoms with van der Waals surface area (Å²) in [5, 5.41) is 2.86. The summed E-state index contributed by atoms with van der Waals surface area (Å²) >= 11 is 0. The van der Waals surface area contributed by atoms with Crippen LogP contribution in [-0.2, 0) is 21.3 Å². The smallest absolute Gasteiger partial charge is 0.251 e. The maximum Gasteiger partial charge on any atom is 0.251 e. The van der Waals surface area contributed by atoms with E-state index >= 15 is 0 Å². The molecule has 0 atom stereocenters. The van der Waals surface area contributed by atoms with E-state index < -0.39 is 10.0 Å². The molecule has 0 bridgehead atoms. The van der Waals surface area contributed by atoms with Gasteiger partial charge < -0.3 is 14.8 Å². The molecular formula is C21H26N2O5S. The maximum atomic E-state index is 12.9. The molecule has 1 amide bonds. The minimum Gasteiger partial charge on any atom is -0.494 e. The number of nitrogens with zero attached hydrogens (tertiary/aromatic N) is 1. The summed E-state index contributed by atoms with van der Waals surface area (Å²) in [5.41, 5.74) is 1.96. The number of benzene rings is 2. The molecule has 156 valence electrons. The van der Waals surface area contributed by atoms with Crippen molar-refractivity contribution < 1.29 is 22.7 Å². The van der Waals surface area contributed by atoms with E-state index in [-0.39, 0.29) is 10.8 Å². The van der Waals surface area contributed by atoms with Crippen LogP contribution in [0.1, 0.15) is 28.4 Å². The van der Waals surface area contributed by atoms with E-state index in [1.54, 1.807) is 19.1 Å². The van der Waals surface area contributed by atoms with Crippen LogP contribution in [-0.4, -0.2) is 51.5 Å². The summed E-state index contributed by atoms with van der Waals surface area (Å²) in [7, 11) is -3.66. The topological polar surface area (TPSA) is 84.9 Å². The molecule has 1 aliphatic rings. The minimum absolute atomic E-state index is 0.119. The van der Waals surface area contributed by atoms with Gasteiger partial charge in [0, 0.05) is 25.2 Å². The van der Waals surface area contributed by atoms with Crippen molar-refractivity contribution in [3.63, 3.8) is 0 Å². The van der Waals surface area contributed by atoms with Crippen LogP contribution in [0.25, 0.3) is 0 Å². The van der Waals surface area contributed by atoms with Gasteiger partial charge in [-0.05, 0) is 49.2 Å². The molecule has 0 saturated carbocycles. The molecule has 0 unspecified atom stereocenters. The van der Waals surface area contributed by atoms with Crippen molar-refractivity contribution in [3.8, 4) is 5.75 Å². The highest BCUT2D eigenvalue weighted by atomic mass is 32.2. The Bertz CT molecular complexity index is 969. The van der Waals surface area contributed by atoms with Crippen molar-refractivity contribution in [1.29, 1.82) is 0 Å². The third kappa shape index (κ3) is 5.14. The fraction of sp³-hybridized carbons (Fsp3) is 0.381. The lowest BCUT2D eigenvalue weighted by Crippen LogP contribution is -2.40. The predicted molar refractivity (Wildman–Crippen MR) is 110 cm³/mol. The lowest BCUT2D eigenvalue weighted by atomic mass is 10.1. The SMILES string of the molecule is CCOc1cccc(CNC(=O)c2cc(S(=O)(=O)N3CCOCC3)ccc2C)c1. The van der Waals surface area contributed by atoms with Crippen LogP contribution in [0, 0.1) is 6.92 Å². The fourth-order valence-corrected chi connectivity index (χ4v) is 4.57. The number of carbonyl (C=O) groups is 1. The van der Waals surface area contributed by atoms with Crippen molar-refractivity contribution in [1.82, 2.24) is 9.62 Å². The second-order valence-corrected chi connectivity index (χ2v) is 8.69. The summed E-state index contributed by atoms with van der Waals surface area (Å²) in [6.45, 7) is 5.96. The van der Waals surface area contributed by atoms with Gasteiger partial charge in [-0.2, -0.15) is 4.31 Å². The van der Waals surface area contributed by atoms with E-state index in [1.165, 1.54) is 10.4 Å². The number of morpholine rings is 1. The Hall–Kier alpha value is -2.42. The van der Waals surface area contributed by atoms with Crippen molar-refractivity contribution in [3.05, 3.63) is 59.2 Å². The molecule has 29 heavy (non-hydrogen) atoms. The third-order valence-corrected chi connectivity index (χ3v) is 6.62. The Balaban J connectivity index is 1.75. The van der Waals surface area contributed by atoms with E-state index in [0.717, 1.165) is 11.3 Å². The molecule has 0 aromatic heterocycles. The third-order valence-electron chi connectivity index (χ3n) is 4.72. The Labute approximate surface area is 171 Å². The standard InChI is InChI=1S/C21H26N2O5S/c1-3-28-18-6-4-5-17(13-18)15-22-21(24)20-14-19(8-7-16(20)2)29(25,26)23-9-11-27-12-10-23/h4-8,13-14H,3,9-12,15H2,1-2H3,(H,22,24). The number of rotatable bonds is 7. The molecule has 0 spiro atoms. The highest BCUT2D eigenvalue weighted by molar-refractivity contribution is 7.89. The van der Waals surface area contributed by atoms with Gasteiger partial charge >= 0.3 is 0 Å². The van der Waals surface area contributed by atoms with Gasteiger partial charge in [0.15, 0.2) is 0 Å². The van der Waals surface area contributed by atoms with Crippen LogP contribution in [0.2, 0.25) is 0 Å². The van der Waals surface area contributed by atoms with Crippen LogP contribution < -0.4 is 10.1 Å². The molecule has 1 fully saturated rings. The molecule has 0 radical (unpaired) electrons. The molecule has 0 aliphatic carbocycles. The summed E-state index contributed by atoms with van der Waals surface area (Å²) in [4.78, 5) is 12.9. The van der Waals surface area contributed by atoms with Crippen LogP contribution in [0.15, 0.2) is 47.4 Å². The van der Waals surface area contributed by atoms with Gasteiger partial charge in [0.05, 0.1) is 24.7 Å². The molecule has 1 aliphatic heterocycles. The number of nitrogens with one attached hydrogen (secondary N) is 1. The van der Waals surface area contributed by atoms with Gasteiger partial charge in [0.25, 0.3) is 5.91 Å². The number of carbonyl (C=O) groups excluding carboxylic acids is 1. The molecule has 2 aromatic carbocycles. The molecule has 7 nitrogen and oxygen atoms in total. The second-order valence-electron chi connectivity index (χ2n) is 6.76. The molecule has 1 N–H and O–H groups in total. The Morgan fingerprint density at radius 2 is 1.93 bits per heavy atom.